The van der Waals surface area contributed by atoms with E-state index >= 15 is 0 Å². The van der Waals surface area contributed by atoms with E-state index in [1.807, 2.05) is 78.9 Å². The largest absolute Gasteiger partial charge is 0.454 e. The predicted molar refractivity (Wildman–Crippen MR) is 272 cm³/mol. The highest BCUT2D eigenvalue weighted by molar-refractivity contribution is 6.16. The van der Waals surface area contributed by atoms with Gasteiger partial charge >= 0.3 is 0 Å². The number of furan rings is 2. The van der Waals surface area contributed by atoms with Crippen molar-refractivity contribution in [3.05, 3.63) is 216 Å². The van der Waals surface area contributed by atoms with Crippen molar-refractivity contribution in [2.24, 2.45) is 0 Å². The van der Waals surface area contributed by atoms with Crippen LogP contribution in [0.2, 0.25) is 0 Å². The van der Waals surface area contributed by atoms with Crippen molar-refractivity contribution < 1.29 is 8.83 Å². The van der Waals surface area contributed by atoms with E-state index in [0.717, 1.165) is 88.8 Å². The van der Waals surface area contributed by atoms with Crippen molar-refractivity contribution in [3.63, 3.8) is 0 Å². The van der Waals surface area contributed by atoms with Gasteiger partial charge in [0, 0.05) is 49.4 Å². The second kappa shape index (κ2) is 14.5. The summed E-state index contributed by atoms with van der Waals surface area (Å²) in [4.78, 5) is 4.54. The number of hydrogen-bond acceptors (Lipinski definition) is 6. The van der Waals surface area contributed by atoms with Crippen LogP contribution in [0.1, 0.15) is 36.1 Å². The number of anilines is 6. The molecule has 0 unspecified atom stereocenters. The predicted octanol–water partition coefficient (Wildman–Crippen LogP) is 16.8. The second-order valence-corrected chi connectivity index (χ2v) is 17.9. The molecule has 0 saturated heterocycles. The van der Waals surface area contributed by atoms with Crippen molar-refractivity contribution in [1.29, 1.82) is 10.5 Å². The Morgan fingerprint density at radius 2 is 0.925 bits per heavy atom. The lowest BCUT2D eigenvalue weighted by Crippen LogP contribution is -2.17. The van der Waals surface area contributed by atoms with Crippen LogP contribution >= 0.6 is 0 Å². The summed E-state index contributed by atoms with van der Waals surface area (Å²) in [5, 5.41) is 28.3. The summed E-state index contributed by atoms with van der Waals surface area (Å²) in [5.74, 6) is 0. The van der Waals surface area contributed by atoms with Gasteiger partial charge in [0.25, 0.3) is 0 Å². The lowest BCUT2D eigenvalue weighted by molar-refractivity contribution is 0.666. The van der Waals surface area contributed by atoms with E-state index in [2.05, 4.69) is 151 Å². The quantitative estimate of drug-likeness (QED) is 0.166. The number of nitriles is 2. The molecule has 6 nitrogen and oxygen atoms in total. The molecule has 13 rings (SSSR count). The van der Waals surface area contributed by atoms with E-state index in [1.165, 1.54) is 33.0 Å². The summed E-state index contributed by atoms with van der Waals surface area (Å²) < 4.78 is 13.3. The van der Waals surface area contributed by atoms with Gasteiger partial charge in [0.05, 0.1) is 40.3 Å². The Hall–Kier alpha value is -9.10. The first-order chi connectivity index (χ1) is 32.9. The standard InChI is InChI=1S/C61H38N4O2/c1-61(2)51-34-54(65(41-28-23-38(36-63)24-29-41)53-18-10-16-49-46-13-6-8-20-56(46)67-60(49)53)44-11-3-4-14-47(44)57(51)50-31-25-39-33-42(30-32-43(39)58(50)61)64(40-26-21-37(35-62)22-27-40)52-17-9-15-48-45-12-5-7-19-55(45)66-59(48)52/h3-34H,1-2H3. The first kappa shape index (κ1) is 38.4. The lowest BCUT2D eigenvalue weighted by Gasteiger charge is -2.30. The first-order valence-corrected chi connectivity index (χ1v) is 22.4. The monoisotopic (exact) mass is 858 g/mol. The van der Waals surface area contributed by atoms with Gasteiger partial charge in [-0.15, -0.1) is 0 Å². The molecule has 1 aliphatic rings. The molecule has 67 heavy (non-hydrogen) atoms. The summed E-state index contributed by atoms with van der Waals surface area (Å²) in [6.07, 6.45) is 0. The minimum absolute atomic E-state index is 0.404. The van der Waals surface area contributed by atoms with E-state index in [0.29, 0.717) is 11.1 Å². The number of para-hydroxylation sites is 4. The van der Waals surface area contributed by atoms with Crippen LogP contribution in [0.25, 0.3) is 76.5 Å². The van der Waals surface area contributed by atoms with Crippen LogP contribution in [0.15, 0.2) is 203 Å². The van der Waals surface area contributed by atoms with E-state index < -0.39 is 5.41 Å². The molecule has 0 N–H and O–H groups in total. The van der Waals surface area contributed by atoms with Crippen LogP contribution in [0.3, 0.4) is 0 Å². The van der Waals surface area contributed by atoms with Crippen molar-refractivity contribution in [3.8, 4) is 23.3 Å². The van der Waals surface area contributed by atoms with E-state index in [-0.39, 0.29) is 0 Å². The van der Waals surface area contributed by atoms with Gasteiger partial charge in [-0.05, 0) is 129 Å². The molecule has 0 bridgehead atoms. The van der Waals surface area contributed by atoms with Crippen LogP contribution in [0.4, 0.5) is 34.1 Å². The number of fused-ring (bicyclic) bond motifs is 13. The van der Waals surface area contributed by atoms with Gasteiger partial charge < -0.3 is 18.6 Å². The van der Waals surface area contributed by atoms with Crippen LogP contribution in [-0.4, -0.2) is 0 Å². The molecule has 2 heterocycles. The van der Waals surface area contributed by atoms with Gasteiger partial charge in [0.2, 0.25) is 0 Å². The van der Waals surface area contributed by atoms with Crippen molar-refractivity contribution in [2.45, 2.75) is 19.3 Å². The summed E-state index contributed by atoms with van der Waals surface area (Å²) in [5.41, 5.74) is 14.7. The van der Waals surface area contributed by atoms with Gasteiger partial charge in [0.15, 0.2) is 11.2 Å². The highest BCUT2D eigenvalue weighted by atomic mass is 16.3. The molecule has 10 aromatic carbocycles. The highest BCUT2D eigenvalue weighted by Crippen LogP contribution is 2.57. The van der Waals surface area contributed by atoms with E-state index in [4.69, 9.17) is 8.83 Å². The molecule has 12 aromatic rings. The summed E-state index contributed by atoms with van der Waals surface area (Å²) in [6, 6.07) is 71.6. The number of rotatable bonds is 6. The average Bonchev–Trinajstić information content (AvgIpc) is 4.03. The van der Waals surface area contributed by atoms with Gasteiger partial charge in [-0.25, -0.2) is 0 Å². The van der Waals surface area contributed by atoms with Crippen molar-refractivity contribution >= 4 is 99.5 Å². The van der Waals surface area contributed by atoms with Crippen LogP contribution < -0.4 is 9.80 Å². The molecule has 6 heteroatoms. The van der Waals surface area contributed by atoms with Gasteiger partial charge in [-0.3, -0.25) is 0 Å². The molecule has 0 saturated carbocycles. The third kappa shape index (κ3) is 5.67. The van der Waals surface area contributed by atoms with Crippen LogP contribution in [0.5, 0.6) is 0 Å². The smallest absolute Gasteiger partial charge is 0.159 e. The molecular weight excluding hydrogens is 821 g/mol. The molecule has 0 radical (unpaired) electrons. The Kier molecular flexibility index (Phi) is 8.28. The van der Waals surface area contributed by atoms with Crippen LogP contribution in [-0.2, 0) is 5.41 Å². The Balaban J connectivity index is 1.01. The fraction of sp³-hybridized carbons (Fsp3) is 0.0492. The Morgan fingerprint density at radius 1 is 0.418 bits per heavy atom. The number of hydrogen-bond donors (Lipinski definition) is 0. The third-order valence-corrected chi connectivity index (χ3v) is 13.9. The molecule has 0 aliphatic heterocycles. The average molecular weight is 859 g/mol. The molecule has 0 spiro atoms. The minimum atomic E-state index is -0.404. The molecular formula is C61H38N4O2. The summed E-state index contributed by atoms with van der Waals surface area (Å²) in [6.45, 7) is 4.70. The lowest BCUT2D eigenvalue weighted by atomic mass is 9.79. The fourth-order valence-corrected chi connectivity index (χ4v) is 10.8. The van der Waals surface area contributed by atoms with E-state index in [1.54, 1.807) is 0 Å². The molecule has 0 amide bonds. The highest BCUT2D eigenvalue weighted by Gasteiger charge is 2.39. The maximum absolute atomic E-state index is 9.82. The zero-order chi connectivity index (χ0) is 45.0. The molecule has 0 atom stereocenters. The number of benzene rings is 10. The van der Waals surface area contributed by atoms with Gasteiger partial charge in [0.1, 0.15) is 11.2 Å². The van der Waals surface area contributed by atoms with Crippen molar-refractivity contribution in [1.82, 2.24) is 0 Å². The van der Waals surface area contributed by atoms with Gasteiger partial charge in [-0.1, -0.05) is 117 Å². The maximum atomic E-state index is 9.82. The molecule has 314 valence electrons. The molecule has 1 aliphatic carbocycles. The van der Waals surface area contributed by atoms with Gasteiger partial charge in [-0.2, -0.15) is 10.5 Å². The first-order valence-electron chi connectivity index (χ1n) is 22.4. The Bertz CT molecular complexity index is 4110. The molecule has 0 fully saturated rings. The normalized spacial score (nSPS) is 12.7. The van der Waals surface area contributed by atoms with Crippen molar-refractivity contribution in [2.75, 3.05) is 9.80 Å². The number of nitrogens with zero attached hydrogens (tertiary/aromatic N) is 4. The topological polar surface area (TPSA) is 80.3 Å². The fourth-order valence-electron chi connectivity index (χ4n) is 10.8. The van der Waals surface area contributed by atoms with E-state index in [9.17, 15) is 10.5 Å². The van der Waals surface area contributed by atoms with Crippen LogP contribution in [0, 0.1) is 22.7 Å². The minimum Gasteiger partial charge on any atom is -0.454 e. The zero-order valence-electron chi connectivity index (χ0n) is 36.6. The molecule has 2 aromatic heterocycles. The SMILES string of the molecule is CC1(C)c2cc(N(c3ccc(C#N)cc3)c3cccc4c3oc3ccccc34)c3ccccc3c2-c2ccc3cc(N(c4ccc(C#N)cc4)c4cccc5c4oc4ccccc45)ccc3c21. The zero-order valence-corrected chi connectivity index (χ0v) is 36.6. The Labute approximate surface area is 386 Å². The third-order valence-electron chi connectivity index (χ3n) is 13.9. The summed E-state index contributed by atoms with van der Waals surface area (Å²) in [7, 11) is 0. The maximum Gasteiger partial charge on any atom is 0.159 e. The Morgan fingerprint density at radius 3 is 1.52 bits per heavy atom. The summed E-state index contributed by atoms with van der Waals surface area (Å²) >= 11 is 0. The second-order valence-electron chi connectivity index (χ2n) is 17.9.